The number of unbranched alkanes of at least 4 members (excludes halogenated alkanes) is 8. The van der Waals surface area contributed by atoms with Gasteiger partial charge in [0.25, 0.3) is 0 Å². The van der Waals surface area contributed by atoms with E-state index in [1.165, 1.54) is 76.2 Å². The zero-order valence-electron chi connectivity index (χ0n) is 15.6. The number of halogens is 1. The van der Waals surface area contributed by atoms with Gasteiger partial charge in [0.2, 0.25) is 0 Å². The van der Waals surface area contributed by atoms with E-state index in [0.717, 1.165) is 0 Å². The van der Waals surface area contributed by atoms with Crippen LogP contribution in [0.3, 0.4) is 0 Å². The van der Waals surface area contributed by atoms with E-state index < -0.39 is 0 Å². The Balaban J connectivity index is 0.00000484. The lowest BCUT2D eigenvalue weighted by atomic mass is 9.98. The smallest absolute Gasteiger partial charge is 0.0130 e. The van der Waals surface area contributed by atoms with Crippen molar-refractivity contribution in [2.75, 3.05) is 14.1 Å². The third-order valence-electron chi connectivity index (χ3n) is 4.69. The van der Waals surface area contributed by atoms with Crippen molar-refractivity contribution in [2.45, 2.75) is 83.6 Å². The minimum atomic E-state index is 0. The zero-order valence-corrected chi connectivity index (χ0v) is 17.3. The lowest BCUT2D eigenvalue weighted by molar-refractivity contribution is 0.269. The Labute approximate surface area is 155 Å². The molecule has 0 saturated heterocycles. The Morgan fingerprint density at radius 1 is 0.783 bits per heavy atom. The van der Waals surface area contributed by atoms with Crippen LogP contribution >= 0.6 is 17.0 Å². The fraction of sp³-hybridized carbons (Fsp3) is 0.714. The van der Waals surface area contributed by atoms with Gasteiger partial charge in [-0.2, -0.15) is 0 Å². The summed E-state index contributed by atoms with van der Waals surface area (Å²) in [6.45, 7) is 2.29. The van der Waals surface area contributed by atoms with Crippen LogP contribution in [0.2, 0.25) is 0 Å². The minimum Gasteiger partial charge on any atom is -0.306 e. The normalized spacial score (nSPS) is 12.2. The second-order valence-electron chi connectivity index (χ2n) is 6.92. The molecule has 0 saturated carbocycles. The summed E-state index contributed by atoms with van der Waals surface area (Å²) in [5.74, 6) is 0. The molecule has 1 rings (SSSR count). The molecule has 0 N–H and O–H groups in total. The average Bonchev–Trinajstić information content (AvgIpc) is 2.53. The highest BCUT2D eigenvalue weighted by Crippen LogP contribution is 2.15. The molecule has 0 radical (unpaired) electrons. The predicted octanol–water partition coefficient (Wildman–Crippen LogP) is 6.66. The van der Waals surface area contributed by atoms with Gasteiger partial charge in [-0.05, 0) is 32.5 Å². The fourth-order valence-corrected chi connectivity index (χ4v) is 3.12. The summed E-state index contributed by atoms with van der Waals surface area (Å²) in [5.41, 5.74) is 1.47. The van der Waals surface area contributed by atoms with Gasteiger partial charge in [-0.1, -0.05) is 95.0 Å². The monoisotopic (exact) mass is 383 g/mol. The Morgan fingerprint density at radius 2 is 1.30 bits per heavy atom. The van der Waals surface area contributed by atoms with Gasteiger partial charge in [0.05, 0.1) is 0 Å². The summed E-state index contributed by atoms with van der Waals surface area (Å²) in [4.78, 5) is 2.40. The van der Waals surface area contributed by atoms with Crippen molar-refractivity contribution < 1.29 is 0 Å². The lowest BCUT2D eigenvalue weighted by Crippen LogP contribution is -2.30. The molecule has 0 amide bonds. The first-order valence-corrected chi connectivity index (χ1v) is 9.44. The molecule has 0 heterocycles. The van der Waals surface area contributed by atoms with Gasteiger partial charge in [-0.25, -0.2) is 0 Å². The average molecular weight is 384 g/mol. The van der Waals surface area contributed by atoms with E-state index in [-0.39, 0.29) is 17.0 Å². The van der Waals surface area contributed by atoms with Crippen LogP contribution in [0.5, 0.6) is 0 Å². The molecule has 1 aromatic carbocycles. The van der Waals surface area contributed by atoms with Crippen molar-refractivity contribution in [1.82, 2.24) is 4.90 Å². The molecule has 0 aromatic heterocycles. The van der Waals surface area contributed by atoms with Crippen molar-refractivity contribution in [3.05, 3.63) is 35.9 Å². The second kappa shape index (κ2) is 15.2. The fourth-order valence-electron chi connectivity index (χ4n) is 3.12. The number of hydrogen-bond acceptors (Lipinski definition) is 1. The third-order valence-corrected chi connectivity index (χ3v) is 4.69. The molecule has 1 unspecified atom stereocenters. The van der Waals surface area contributed by atoms with Crippen LogP contribution in [0.25, 0.3) is 0 Å². The van der Waals surface area contributed by atoms with Crippen molar-refractivity contribution >= 4 is 17.0 Å². The molecule has 1 atom stereocenters. The Hall–Kier alpha value is -0.340. The molecule has 1 aromatic rings. The molecule has 1 nitrogen and oxygen atoms in total. The maximum Gasteiger partial charge on any atom is 0.0130 e. The number of rotatable bonds is 13. The summed E-state index contributed by atoms with van der Waals surface area (Å²) in [7, 11) is 4.45. The Kier molecular flexibility index (Phi) is 15.0. The Bertz CT molecular complexity index is 350. The van der Waals surface area contributed by atoms with Crippen LogP contribution in [0, 0.1) is 0 Å². The minimum absolute atomic E-state index is 0. The highest BCUT2D eigenvalue weighted by molar-refractivity contribution is 8.93. The van der Waals surface area contributed by atoms with Crippen LogP contribution in [0.4, 0.5) is 0 Å². The molecule has 0 aliphatic heterocycles. The molecular formula is C21H38BrN. The first kappa shape index (κ1) is 22.7. The second-order valence-corrected chi connectivity index (χ2v) is 6.92. The first-order valence-electron chi connectivity index (χ1n) is 9.44. The molecule has 0 aliphatic rings. The van der Waals surface area contributed by atoms with Gasteiger partial charge in [0.1, 0.15) is 0 Å². The number of hydrogen-bond donors (Lipinski definition) is 0. The first-order chi connectivity index (χ1) is 10.7. The van der Waals surface area contributed by atoms with E-state index in [0.29, 0.717) is 6.04 Å². The zero-order chi connectivity index (χ0) is 16.0. The molecule has 0 fully saturated rings. The summed E-state index contributed by atoms with van der Waals surface area (Å²) in [6, 6.07) is 11.6. The molecule has 0 aliphatic carbocycles. The number of nitrogens with zero attached hydrogens (tertiary/aromatic N) is 1. The van der Waals surface area contributed by atoms with Crippen LogP contribution < -0.4 is 0 Å². The van der Waals surface area contributed by atoms with Crippen molar-refractivity contribution in [2.24, 2.45) is 0 Å². The van der Waals surface area contributed by atoms with Gasteiger partial charge in [0, 0.05) is 6.04 Å². The van der Waals surface area contributed by atoms with E-state index in [1.807, 2.05) is 0 Å². The summed E-state index contributed by atoms with van der Waals surface area (Å²) in [5, 5.41) is 0. The van der Waals surface area contributed by atoms with Gasteiger partial charge in [-0.3, -0.25) is 0 Å². The summed E-state index contributed by atoms with van der Waals surface area (Å²) in [6.07, 6.45) is 15.3. The van der Waals surface area contributed by atoms with Crippen LogP contribution in [-0.2, 0) is 6.42 Å². The van der Waals surface area contributed by atoms with Crippen molar-refractivity contribution in [3.8, 4) is 0 Å². The molecule has 0 spiro atoms. The van der Waals surface area contributed by atoms with Gasteiger partial charge in [0.15, 0.2) is 0 Å². The van der Waals surface area contributed by atoms with Gasteiger partial charge < -0.3 is 4.90 Å². The molecule has 134 valence electrons. The van der Waals surface area contributed by atoms with E-state index in [1.54, 1.807) is 0 Å². The van der Waals surface area contributed by atoms with E-state index in [9.17, 15) is 0 Å². The molecular weight excluding hydrogens is 346 g/mol. The summed E-state index contributed by atoms with van der Waals surface area (Å²) >= 11 is 0. The largest absolute Gasteiger partial charge is 0.306 e. The maximum absolute atomic E-state index is 2.40. The molecule has 2 heteroatoms. The number of likely N-dealkylation sites (N-methyl/N-ethyl adjacent to an activating group) is 1. The highest BCUT2D eigenvalue weighted by Gasteiger charge is 2.11. The Morgan fingerprint density at radius 3 is 1.83 bits per heavy atom. The standard InChI is InChI=1S/C21H37N.BrH/c1-4-5-6-7-8-9-10-11-15-18-21(22(2)3)19-20-16-13-12-14-17-20;/h12-14,16-17,21H,4-11,15,18-19H2,1-3H3;1H. The van der Waals surface area contributed by atoms with Crippen LogP contribution in [0.1, 0.15) is 76.7 Å². The lowest BCUT2D eigenvalue weighted by Gasteiger charge is -2.24. The van der Waals surface area contributed by atoms with Gasteiger partial charge in [-0.15, -0.1) is 17.0 Å². The van der Waals surface area contributed by atoms with Crippen molar-refractivity contribution in [3.63, 3.8) is 0 Å². The number of benzene rings is 1. The van der Waals surface area contributed by atoms with E-state index in [2.05, 4.69) is 56.3 Å². The predicted molar refractivity (Wildman–Crippen MR) is 110 cm³/mol. The van der Waals surface area contributed by atoms with Crippen LogP contribution in [0.15, 0.2) is 30.3 Å². The van der Waals surface area contributed by atoms with Crippen molar-refractivity contribution in [1.29, 1.82) is 0 Å². The van der Waals surface area contributed by atoms with E-state index >= 15 is 0 Å². The third kappa shape index (κ3) is 11.8. The van der Waals surface area contributed by atoms with E-state index in [4.69, 9.17) is 0 Å². The SMILES string of the molecule is Br.CCCCCCCCCCCC(Cc1ccccc1)N(C)C. The van der Waals surface area contributed by atoms with Gasteiger partial charge >= 0.3 is 0 Å². The topological polar surface area (TPSA) is 3.24 Å². The summed E-state index contributed by atoms with van der Waals surface area (Å²) < 4.78 is 0. The quantitative estimate of drug-likeness (QED) is 0.344. The van der Waals surface area contributed by atoms with Crippen LogP contribution in [-0.4, -0.2) is 25.0 Å². The molecule has 0 bridgehead atoms. The maximum atomic E-state index is 2.40. The highest BCUT2D eigenvalue weighted by atomic mass is 79.9. The molecule has 23 heavy (non-hydrogen) atoms.